The van der Waals surface area contributed by atoms with Gasteiger partial charge in [-0.1, -0.05) is 48.5 Å². The van der Waals surface area contributed by atoms with Gasteiger partial charge in [0.15, 0.2) is 0 Å². The van der Waals surface area contributed by atoms with Crippen LogP contribution < -0.4 is 10.1 Å². The Balaban J connectivity index is 1.45. The fraction of sp³-hybridized carbons (Fsp3) is 0.182. The molecule has 0 spiro atoms. The molecule has 1 N–H and O–H groups in total. The minimum absolute atomic E-state index is 0.213. The van der Waals surface area contributed by atoms with Crippen molar-refractivity contribution in [1.29, 1.82) is 0 Å². The fourth-order valence-electron chi connectivity index (χ4n) is 2.61. The van der Waals surface area contributed by atoms with E-state index in [1.807, 2.05) is 30.3 Å². The van der Waals surface area contributed by atoms with E-state index in [0.29, 0.717) is 13.2 Å². The lowest BCUT2D eigenvalue weighted by Gasteiger charge is -2.10. The molecule has 0 unspecified atom stereocenters. The molecule has 3 aromatic rings. The predicted octanol–water partition coefficient (Wildman–Crippen LogP) is 5.45. The largest absolute Gasteiger partial charge is 0.494 e. The van der Waals surface area contributed by atoms with Gasteiger partial charge in [0.25, 0.3) is 0 Å². The first-order valence-electron chi connectivity index (χ1n) is 8.55. The number of ether oxygens (including phenoxy) is 1. The van der Waals surface area contributed by atoms with Gasteiger partial charge < -0.3 is 10.1 Å². The van der Waals surface area contributed by atoms with Gasteiger partial charge in [-0.05, 0) is 48.2 Å². The van der Waals surface area contributed by atoms with Gasteiger partial charge in [0.2, 0.25) is 0 Å². The van der Waals surface area contributed by atoms with Gasteiger partial charge in [0.05, 0.1) is 6.61 Å². The van der Waals surface area contributed by atoms with Crippen LogP contribution in [0.1, 0.15) is 17.5 Å². The van der Waals surface area contributed by atoms with Crippen LogP contribution in [-0.4, -0.2) is 6.61 Å². The molecular formula is C22H22FNO. The third-order valence-corrected chi connectivity index (χ3v) is 3.97. The van der Waals surface area contributed by atoms with Crippen LogP contribution in [-0.2, 0) is 13.0 Å². The second-order valence-electron chi connectivity index (χ2n) is 5.95. The van der Waals surface area contributed by atoms with Gasteiger partial charge in [-0.25, -0.2) is 4.39 Å². The van der Waals surface area contributed by atoms with E-state index in [9.17, 15) is 4.39 Å². The highest BCUT2D eigenvalue weighted by Gasteiger charge is 1.99. The minimum atomic E-state index is -0.213. The van der Waals surface area contributed by atoms with Crippen LogP contribution in [0.15, 0.2) is 78.9 Å². The molecule has 0 heterocycles. The molecule has 0 aliphatic carbocycles. The summed E-state index contributed by atoms with van der Waals surface area (Å²) in [5.74, 6) is 0.645. The summed E-state index contributed by atoms with van der Waals surface area (Å²) in [6.07, 6.45) is 2.00. The van der Waals surface area contributed by atoms with Crippen LogP contribution in [0.25, 0.3) is 0 Å². The zero-order valence-corrected chi connectivity index (χ0v) is 14.1. The molecule has 3 rings (SSSR count). The third-order valence-electron chi connectivity index (χ3n) is 3.97. The minimum Gasteiger partial charge on any atom is -0.494 e. The van der Waals surface area contributed by atoms with Crippen LogP contribution in [0.5, 0.6) is 5.75 Å². The summed E-state index contributed by atoms with van der Waals surface area (Å²) in [5, 5.41) is 3.33. The summed E-state index contributed by atoms with van der Waals surface area (Å²) in [7, 11) is 0. The molecule has 0 aromatic heterocycles. The molecule has 0 radical (unpaired) electrons. The first kappa shape index (κ1) is 17.0. The quantitative estimate of drug-likeness (QED) is 0.553. The summed E-state index contributed by atoms with van der Waals surface area (Å²) in [4.78, 5) is 0. The van der Waals surface area contributed by atoms with E-state index in [2.05, 4.69) is 29.6 Å². The Morgan fingerprint density at radius 1 is 0.800 bits per heavy atom. The van der Waals surface area contributed by atoms with E-state index in [4.69, 9.17) is 4.74 Å². The smallest absolute Gasteiger partial charge is 0.123 e. The Bertz CT molecular complexity index is 772. The van der Waals surface area contributed by atoms with Gasteiger partial charge in [0, 0.05) is 18.3 Å². The molecule has 0 amide bonds. The molecule has 2 nitrogen and oxygen atoms in total. The van der Waals surface area contributed by atoms with Gasteiger partial charge in [-0.3, -0.25) is 0 Å². The Morgan fingerprint density at radius 3 is 2.40 bits per heavy atom. The van der Waals surface area contributed by atoms with Crippen LogP contribution in [0.4, 0.5) is 10.1 Å². The van der Waals surface area contributed by atoms with E-state index in [-0.39, 0.29) is 5.82 Å². The molecule has 0 saturated heterocycles. The molecule has 3 heteroatoms. The summed E-state index contributed by atoms with van der Waals surface area (Å²) in [5.41, 5.74) is 3.36. The lowest BCUT2D eigenvalue weighted by molar-refractivity contribution is 0.311. The van der Waals surface area contributed by atoms with Crippen LogP contribution >= 0.6 is 0 Å². The molecule has 0 saturated carbocycles. The summed E-state index contributed by atoms with van der Waals surface area (Å²) < 4.78 is 18.8. The Hall–Kier alpha value is -2.81. The Labute approximate surface area is 148 Å². The lowest BCUT2D eigenvalue weighted by atomic mass is 10.1. The number of halogens is 1. The molecule has 128 valence electrons. The molecule has 0 fully saturated rings. The highest BCUT2D eigenvalue weighted by Crippen LogP contribution is 2.18. The first-order valence-corrected chi connectivity index (χ1v) is 8.55. The number of rotatable bonds is 8. The van der Waals surface area contributed by atoms with E-state index < -0.39 is 0 Å². The lowest BCUT2D eigenvalue weighted by Crippen LogP contribution is -2.02. The maximum Gasteiger partial charge on any atom is 0.123 e. The zero-order valence-electron chi connectivity index (χ0n) is 14.1. The van der Waals surface area contributed by atoms with Crippen molar-refractivity contribution < 1.29 is 9.13 Å². The Morgan fingerprint density at radius 2 is 1.60 bits per heavy atom. The number of aryl methyl sites for hydroxylation is 1. The van der Waals surface area contributed by atoms with E-state index in [1.165, 1.54) is 17.7 Å². The standard InChI is InChI=1S/C22H22FNO/c23-20-13-11-19(12-14-20)17-24-21-9-4-10-22(16-21)25-15-5-8-18-6-2-1-3-7-18/h1-4,6-7,9-14,16,24H,5,8,15,17H2. The highest BCUT2D eigenvalue weighted by molar-refractivity contribution is 5.48. The number of anilines is 1. The van der Waals surface area contributed by atoms with E-state index >= 15 is 0 Å². The molecule has 0 aliphatic rings. The molecule has 0 aliphatic heterocycles. The van der Waals surface area contributed by atoms with Crippen molar-refractivity contribution in [2.45, 2.75) is 19.4 Å². The van der Waals surface area contributed by atoms with Crippen LogP contribution in [0.3, 0.4) is 0 Å². The average Bonchev–Trinajstić information content (AvgIpc) is 2.66. The summed E-state index contributed by atoms with van der Waals surface area (Å²) in [6, 6.07) is 24.9. The van der Waals surface area contributed by atoms with Gasteiger partial charge in [-0.15, -0.1) is 0 Å². The topological polar surface area (TPSA) is 21.3 Å². The predicted molar refractivity (Wildman–Crippen MR) is 100 cm³/mol. The molecular weight excluding hydrogens is 313 g/mol. The van der Waals surface area contributed by atoms with Crippen molar-refractivity contribution in [1.82, 2.24) is 0 Å². The highest BCUT2D eigenvalue weighted by atomic mass is 19.1. The van der Waals surface area contributed by atoms with E-state index in [0.717, 1.165) is 29.8 Å². The number of nitrogens with one attached hydrogen (secondary N) is 1. The van der Waals surface area contributed by atoms with Crippen molar-refractivity contribution in [3.8, 4) is 5.75 Å². The van der Waals surface area contributed by atoms with Crippen molar-refractivity contribution in [2.75, 3.05) is 11.9 Å². The monoisotopic (exact) mass is 335 g/mol. The SMILES string of the molecule is Fc1ccc(CNc2cccc(OCCCc3ccccc3)c2)cc1. The number of hydrogen-bond acceptors (Lipinski definition) is 2. The molecule has 0 atom stereocenters. The maximum atomic E-state index is 12.9. The van der Waals surface area contributed by atoms with E-state index in [1.54, 1.807) is 12.1 Å². The maximum absolute atomic E-state index is 12.9. The number of hydrogen-bond donors (Lipinski definition) is 1. The number of benzene rings is 3. The van der Waals surface area contributed by atoms with Gasteiger partial charge >= 0.3 is 0 Å². The van der Waals surface area contributed by atoms with Crippen molar-refractivity contribution in [2.24, 2.45) is 0 Å². The summed E-state index contributed by atoms with van der Waals surface area (Å²) in [6.45, 7) is 1.34. The Kier molecular flexibility index (Phi) is 6.05. The zero-order chi connectivity index (χ0) is 17.3. The molecule has 3 aromatic carbocycles. The second-order valence-corrected chi connectivity index (χ2v) is 5.95. The van der Waals surface area contributed by atoms with Gasteiger partial charge in [0.1, 0.15) is 11.6 Å². The average molecular weight is 335 g/mol. The second kappa shape index (κ2) is 8.88. The first-order chi connectivity index (χ1) is 12.3. The van der Waals surface area contributed by atoms with Crippen molar-refractivity contribution in [3.63, 3.8) is 0 Å². The third kappa shape index (κ3) is 5.64. The van der Waals surface area contributed by atoms with Crippen LogP contribution in [0.2, 0.25) is 0 Å². The van der Waals surface area contributed by atoms with Crippen LogP contribution in [0, 0.1) is 5.82 Å². The van der Waals surface area contributed by atoms with Crippen molar-refractivity contribution in [3.05, 3.63) is 95.8 Å². The fourth-order valence-corrected chi connectivity index (χ4v) is 2.61. The van der Waals surface area contributed by atoms with Crippen molar-refractivity contribution >= 4 is 5.69 Å². The molecule has 0 bridgehead atoms. The van der Waals surface area contributed by atoms with Gasteiger partial charge in [-0.2, -0.15) is 0 Å². The normalized spacial score (nSPS) is 10.4. The summed E-state index contributed by atoms with van der Waals surface area (Å²) >= 11 is 0. The molecule has 25 heavy (non-hydrogen) atoms.